The van der Waals surface area contributed by atoms with Gasteiger partial charge in [0.25, 0.3) is 5.88 Å². The quantitative estimate of drug-likeness (QED) is 0.0229. The summed E-state index contributed by atoms with van der Waals surface area (Å²) in [6.07, 6.45) is 3.44. The Balaban J connectivity index is 0.000000137. The summed E-state index contributed by atoms with van der Waals surface area (Å²) in [6, 6.07) is 38.1. The van der Waals surface area contributed by atoms with E-state index in [2.05, 4.69) is 218 Å². The van der Waals surface area contributed by atoms with Crippen molar-refractivity contribution in [1.29, 1.82) is 0 Å². The molecule has 0 bridgehead atoms. The van der Waals surface area contributed by atoms with Crippen LogP contribution in [0.15, 0.2) is 166 Å². The van der Waals surface area contributed by atoms with Gasteiger partial charge >= 0.3 is 0 Å². The third-order valence-electron chi connectivity index (χ3n) is 17.8. The van der Waals surface area contributed by atoms with E-state index in [1.165, 1.54) is 56.3 Å². The highest BCUT2D eigenvalue weighted by atomic mass is 35.5. The van der Waals surface area contributed by atoms with E-state index in [4.69, 9.17) is 36.4 Å². The van der Waals surface area contributed by atoms with E-state index in [0.717, 1.165) is 134 Å². The number of methoxy groups -OCH3 is 1. The Morgan fingerprint density at radius 3 is 1.53 bits per heavy atom. The summed E-state index contributed by atoms with van der Waals surface area (Å²) in [5.41, 5.74) is 12.1. The van der Waals surface area contributed by atoms with Crippen molar-refractivity contribution >= 4 is 147 Å². The van der Waals surface area contributed by atoms with Crippen LogP contribution in [0, 0.1) is 6.92 Å². The summed E-state index contributed by atoms with van der Waals surface area (Å²) >= 11 is 14.6. The van der Waals surface area contributed by atoms with Crippen molar-refractivity contribution in [3.8, 4) is 28.5 Å². The Bertz CT molecular complexity index is 6110. The minimum absolute atomic E-state index is 0.186. The molecule has 0 aliphatic carbocycles. The van der Waals surface area contributed by atoms with E-state index < -0.39 is 0 Å². The van der Waals surface area contributed by atoms with E-state index in [0.29, 0.717) is 91.4 Å². The molecule has 12 heterocycles. The molecule has 0 spiro atoms. The third-order valence-corrected chi connectivity index (χ3v) is 22.2. The van der Waals surface area contributed by atoms with Gasteiger partial charge in [0.05, 0.1) is 36.1 Å². The fraction of sp³-hybridized carbons (Fsp3) is 0.377. The molecule has 0 saturated heterocycles. The Kier molecular flexibility index (Phi) is 28.7. The van der Waals surface area contributed by atoms with Gasteiger partial charge < -0.3 is 27.7 Å². The predicted octanol–water partition coefficient (Wildman–Crippen LogP) is 20.8. The monoisotopic (exact) mass is 1720 g/mol. The van der Waals surface area contributed by atoms with E-state index in [1.54, 1.807) is 44.5 Å². The van der Waals surface area contributed by atoms with Crippen LogP contribution in [0.1, 0.15) is 159 Å². The zero-order valence-corrected chi connectivity index (χ0v) is 73.6. The van der Waals surface area contributed by atoms with E-state index in [1.807, 2.05) is 116 Å². The molecule has 0 fully saturated rings. The molecule has 16 rings (SSSR count). The number of aryl methyl sites for hydroxylation is 6. The maximum Gasteiger partial charge on any atom is 0.265 e. The highest BCUT2D eigenvalue weighted by Gasteiger charge is 2.28. The fourth-order valence-electron chi connectivity index (χ4n) is 12.4. The molecule has 0 saturated carbocycles. The molecule has 0 aliphatic heterocycles. The van der Waals surface area contributed by atoms with Crippen LogP contribution in [0.3, 0.4) is 0 Å². The summed E-state index contributed by atoms with van der Waals surface area (Å²) in [4.78, 5) is 17.6. The normalized spacial score (nSPS) is 12.0. The molecule has 0 aliphatic rings. The van der Waals surface area contributed by atoms with E-state index >= 15 is 0 Å². The highest BCUT2D eigenvalue weighted by Crippen LogP contribution is 2.41. The number of hydrogen-bond donors (Lipinski definition) is 0. The molecule has 0 amide bonds. The second-order valence-electron chi connectivity index (χ2n) is 27.2. The van der Waals surface area contributed by atoms with Crippen molar-refractivity contribution in [3.63, 3.8) is 0 Å². The number of thioether (sulfide) groups is 2. The maximum absolute atomic E-state index is 6.56. The smallest absolute Gasteiger partial charge is 0.265 e. The Labute approximate surface area is 710 Å². The average molecular weight is 1720 g/mol. The first kappa shape index (κ1) is 84.9. The van der Waals surface area contributed by atoms with Gasteiger partial charge in [-0.1, -0.05) is 220 Å². The molecule has 4 aromatic carbocycles. The van der Waals surface area contributed by atoms with Crippen molar-refractivity contribution in [1.82, 2.24) is 115 Å². The van der Waals surface area contributed by atoms with Crippen LogP contribution in [0.25, 0.3) is 45.2 Å². The number of ether oxygens (including phenoxy) is 2. The maximum atomic E-state index is 6.56. The van der Waals surface area contributed by atoms with Gasteiger partial charge in [-0.15, -0.1) is 90.0 Å². The largest absolute Gasteiger partial charge is 0.472 e. The molecular formula is C77H89ClN32O2S6. The van der Waals surface area contributed by atoms with Crippen molar-refractivity contribution in [2.45, 2.75) is 163 Å². The molecule has 118 heavy (non-hydrogen) atoms. The molecule has 41 heteroatoms. The van der Waals surface area contributed by atoms with Crippen LogP contribution >= 0.6 is 81.3 Å². The SMILES string of the molecule is CCCc1nn2nc(C)c(N=Nc3nc(-c4ccccc4)ns3)c2n1CC.CCSc1nsc(N=Nc2c(-c3ccccc3Cl)nn3nc(C(C)C)n(Cc4ccccc4)c23)n1.CCSc1nsc(N=Nc2c(CC)nn3nc(C(C)C)n(Cc4ccccc4)c23)n1.CCc1nsc(N=Nc2c(OCCOC)nn3nc(C(C)C)n(C)c23)n1. The van der Waals surface area contributed by atoms with Gasteiger partial charge in [-0.3, -0.25) is 0 Å². The van der Waals surface area contributed by atoms with Gasteiger partial charge in [0.1, 0.15) is 41.4 Å². The lowest BCUT2D eigenvalue weighted by Crippen LogP contribution is -2.07. The minimum atomic E-state index is 0.186. The summed E-state index contributed by atoms with van der Waals surface area (Å²) in [5, 5.41) is 76.5. The Morgan fingerprint density at radius 1 is 0.466 bits per heavy atom. The standard InChI is InChI=1S/C24H23ClN8S2.C20H24N8S2.C18H20N8S.C15H22N8O2S/c1-4-34-24-26-23(35-31-24)28-27-20-19(17-12-8-9-13-18(17)25)29-33-22(20)32(21(30-33)15(2)3)14-16-10-6-5-7-11-16;1-5-15-16(22-23-19-21-20(26-30-19)29-6-2)18-27(12-14-10-8-7-9-11-14)17(13(3)4)25-28(18)24-15;1-4-9-14-23-26-17(25(14)5-2)15(12(3)22-26)20-21-18-19-16(24-27-18)13-10-7-6-8-11-13;1-6-10-16-15(26-21-10)18-17-11-13(25-8-7-24-5)20-23-14(11)22(4)12(19-23)9(2)3/h5-13,15H,4,14H2,1-3H3;7-11,13H,5-6,12H2,1-4H3;6-8,10-11H,4-5,9H2,1-3H3;9H,6-8H2,1-5H3. The van der Waals surface area contributed by atoms with Gasteiger partial charge in [-0.25, -0.2) is 4.98 Å². The van der Waals surface area contributed by atoms with Gasteiger partial charge in [0.2, 0.25) is 30.8 Å². The molecule has 34 nitrogen and oxygen atoms in total. The van der Waals surface area contributed by atoms with Crippen LogP contribution in [-0.2, 0) is 50.7 Å². The molecule has 12 aromatic heterocycles. The first-order chi connectivity index (χ1) is 57.4. The summed E-state index contributed by atoms with van der Waals surface area (Å²) < 4.78 is 42.9. The predicted molar refractivity (Wildman–Crippen MR) is 464 cm³/mol. The van der Waals surface area contributed by atoms with Gasteiger partial charge in [-0.05, 0) is 55.4 Å². The topological polar surface area (TPSA) is 361 Å². The lowest BCUT2D eigenvalue weighted by molar-refractivity contribution is 0.143. The molecule has 0 unspecified atom stereocenters. The van der Waals surface area contributed by atoms with Crippen LogP contribution in [0.5, 0.6) is 5.88 Å². The molecule has 612 valence electrons. The van der Waals surface area contributed by atoms with E-state index in [-0.39, 0.29) is 17.8 Å². The number of fused-ring (bicyclic) bond motifs is 4. The lowest BCUT2D eigenvalue weighted by atomic mass is 10.1. The molecular weight excluding hydrogens is 1630 g/mol. The molecule has 16 aromatic rings. The zero-order chi connectivity index (χ0) is 82.9. The number of azo groups is 4. The number of hydrogen-bond acceptors (Lipinski definition) is 32. The van der Waals surface area contributed by atoms with E-state index in [9.17, 15) is 0 Å². The van der Waals surface area contributed by atoms with Crippen LogP contribution in [0.2, 0.25) is 5.02 Å². The number of benzene rings is 4. The van der Waals surface area contributed by atoms with Gasteiger partial charge in [0, 0.05) is 109 Å². The summed E-state index contributed by atoms with van der Waals surface area (Å²) in [5.74, 6) is 8.08. The number of nitrogens with zero attached hydrogens (tertiary/aromatic N) is 32. The molecule has 0 radical (unpaired) electrons. The highest BCUT2D eigenvalue weighted by molar-refractivity contribution is 7.99. The number of halogens is 1. The average Bonchev–Trinajstić information content (AvgIpc) is 1.60. The Morgan fingerprint density at radius 2 is 0.966 bits per heavy atom. The van der Waals surface area contributed by atoms with Crippen LogP contribution in [-0.4, -0.2) is 147 Å². The number of aromatic nitrogens is 24. The Hall–Kier alpha value is -11.0. The first-order valence-corrected chi connectivity index (χ1v) is 44.0. The van der Waals surface area contributed by atoms with Gasteiger partial charge in [0.15, 0.2) is 51.2 Å². The van der Waals surface area contributed by atoms with Crippen LogP contribution in [0.4, 0.5) is 43.3 Å². The fourth-order valence-corrected chi connectivity index (χ4v) is 16.1. The third kappa shape index (κ3) is 19.7. The summed E-state index contributed by atoms with van der Waals surface area (Å²) in [6.45, 7) is 30.0. The first-order valence-electron chi connectivity index (χ1n) is 38.6. The second-order valence-corrected chi connectivity index (χ2v) is 32.9. The van der Waals surface area contributed by atoms with Crippen molar-refractivity contribution in [2.24, 2.45) is 48.0 Å². The van der Waals surface area contributed by atoms with Crippen molar-refractivity contribution < 1.29 is 9.47 Å². The van der Waals surface area contributed by atoms with Crippen molar-refractivity contribution in [3.05, 3.63) is 172 Å². The van der Waals surface area contributed by atoms with Crippen molar-refractivity contribution in [2.75, 3.05) is 31.8 Å². The zero-order valence-electron chi connectivity index (χ0n) is 67.9. The molecule has 0 N–H and O–H groups in total. The lowest BCUT2D eigenvalue weighted by Gasteiger charge is -2.11. The minimum Gasteiger partial charge on any atom is -0.472 e. The number of rotatable bonds is 30. The second kappa shape index (κ2) is 40.0. The summed E-state index contributed by atoms with van der Waals surface area (Å²) in [7, 11) is 3.54. The molecule has 0 atom stereocenters. The van der Waals surface area contributed by atoms with Crippen LogP contribution < -0.4 is 4.74 Å². The van der Waals surface area contributed by atoms with Gasteiger partial charge in [-0.2, -0.15) is 42.6 Å².